The highest BCUT2D eigenvalue weighted by Gasteiger charge is 2.19. The van der Waals surface area contributed by atoms with E-state index in [9.17, 15) is 0 Å². The van der Waals surface area contributed by atoms with Crippen molar-refractivity contribution < 1.29 is 14.2 Å². The van der Waals surface area contributed by atoms with E-state index in [2.05, 4.69) is 28.3 Å². The van der Waals surface area contributed by atoms with E-state index >= 15 is 0 Å². The fraction of sp³-hybridized carbons (Fsp3) is 0.345. The molecular formula is C29H37N3O3. The van der Waals surface area contributed by atoms with Gasteiger partial charge in [-0.1, -0.05) is 24.3 Å². The second kappa shape index (κ2) is 13.4. The summed E-state index contributed by atoms with van der Waals surface area (Å²) in [6, 6.07) is 10.1. The zero-order valence-corrected chi connectivity index (χ0v) is 21.5. The zero-order chi connectivity index (χ0) is 25.0. The van der Waals surface area contributed by atoms with Crippen LogP contribution < -0.4 is 14.8 Å². The monoisotopic (exact) mass is 475 g/mol. The molecule has 0 spiro atoms. The second-order valence-corrected chi connectivity index (χ2v) is 8.67. The standard InChI is InChI=1S/C29H37N3O3/c1-22(8-6-7-9-23(2)33-4)14-17-30-29-13-11-25(21-31-29)24-10-12-27(28(20-24)34-5)35-26-15-18-32(3)19-16-26/h6-14,17,20-21,26H,15-16,18-19H2,1-5H3,(H,30,31)/b7-6-,17-14+,22-8+,23-9+. The number of hydrogen-bond donors (Lipinski definition) is 1. The van der Waals surface area contributed by atoms with Gasteiger partial charge < -0.3 is 24.4 Å². The Balaban J connectivity index is 1.58. The van der Waals surface area contributed by atoms with E-state index in [0.29, 0.717) is 0 Å². The third-order valence-corrected chi connectivity index (χ3v) is 5.92. The molecular weight excluding hydrogens is 438 g/mol. The van der Waals surface area contributed by atoms with Crippen molar-refractivity contribution in [3.63, 3.8) is 0 Å². The van der Waals surface area contributed by atoms with Crippen LogP contribution in [0.15, 0.2) is 84.4 Å². The van der Waals surface area contributed by atoms with Gasteiger partial charge in [0.05, 0.1) is 20.0 Å². The number of ether oxygens (including phenoxy) is 3. The summed E-state index contributed by atoms with van der Waals surface area (Å²) in [6.45, 7) is 6.08. The van der Waals surface area contributed by atoms with Crippen molar-refractivity contribution in [1.82, 2.24) is 9.88 Å². The van der Waals surface area contributed by atoms with Crippen molar-refractivity contribution in [2.75, 3.05) is 39.7 Å². The Hall–Kier alpha value is -3.51. The molecule has 0 amide bonds. The smallest absolute Gasteiger partial charge is 0.161 e. The number of nitrogens with one attached hydrogen (secondary N) is 1. The van der Waals surface area contributed by atoms with Crippen molar-refractivity contribution in [1.29, 1.82) is 0 Å². The number of nitrogens with zero attached hydrogens (tertiary/aromatic N) is 2. The maximum Gasteiger partial charge on any atom is 0.161 e. The SMILES string of the molecule is CO/C(C)=C/C=C\C=C(C)\C=C\Nc1ccc(-c2ccc(OC3CCN(C)CC3)c(OC)c2)cn1. The number of anilines is 1. The van der Waals surface area contributed by atoms with Crippen molar-refractivity contribution in [2.45, 2.75) is 32.8 Å². The number of pyridine rings is 1. The average Bonchev–Trinajstić information content (AvgIpc) is 2.88. The molecule has 1 saturated heterocycles. The summed E-state index contributed by atoms with van der Waals surface area (Å²) in [5.74, 6) is 3.19. The third kappa shape index (κ3) is 8.34. The Morgan fingerprint density at radius 2 is 1.74 bits per heavy atom. The molecule has 1 aromatic heterocycles. The summed E-state index contributed by atoms with van der Waals surface area (Å²) in [4.78, 5) is 6.87. The second-order valence-electron chi connectivity index (χ2n) is 8.67. The van der Waals surface area contributed by atoms with Crippen molar-refractivity contribution >= 4 is 5.82 Å². The quantitative estimate of drug-likeness (QED) is 0.326. The van der Waals surface area contributed by atoms with E-state index in [1.165, 1.54) is 0 Å². The molecule has 1 aliphatic rings. The van der Waals surface area contributed by atoms with Crippen LogP contribution >= 0.6 is 0 Å². The van der Waals surface area contributed by atoms with E-state index in [1.807, 2.05) is 80.9 Å². The molecule has 0 saturated carbocycles. The molecule has 2 heterocycles. The van der Waals surface area contributed by atoms with Crippen molar-refractivity contribution in [3.05, 3.63) is 84.4 Å². The Bertz CT molecular complexity index is 1060. The Labute approximate surface area is 209 Å². The number of methoxy groups -OCH3 is 2. The molecule has 3 rings (SSSR count). The average molecular weight is 476 g/mol. The normalized spacial score (nSPS) is 16.1. The maximum atomic E-state index is 6.24. The van der Waals surface area contributed by atoms with E-state index < -0.39 is 0 Å². The molecule has 0 atom stereocenters. The Morgan fingerprint density at radius 3 is 2.43 bits per heavy atom. The molecule has 1 fully saturated rings. The van der Waals surface area contributed by atoms with Crippen molar-refractivity contribution in [2.24, 2.45) is 0 Å². The fourth-order valence-corrected chi connectivity index (χ4v) is 3.66. The zero-order valence-electron chi connectivity index (χ0n) is 21.5. The van der Waals surface area contributed by atoms with Gasteiger partial charge in [0.1, 0.15) is 11.9 Å². The molecule has 1 aliphatic heterocycles. The molecule has 186 valence electrons. The van der Waals surface area contributed by atoms with E-state index in [-0.39, 0.29) is 6.10 Å². The summed E-state index contributed by atoms with van der Waals surface area (Å²) in [7, 11) is 5.49. The van der Waals surface area contributed by atoms with E-state index in [4.69, 9.17) is 14.2 Å². The molecule has 0 bridgehead atoms. The minimum Gasteiger partial charge on any atom is -0.501 e. The largest absolute Gasteiger partial charge is 0.501 e. The van der Waals surface area contributed by atoms with Gasteiger partial charge in [-0.15, -0.1) is 0 Å². The van der Waals surface area contributed by atoms with Gasteiger partial charge in [-0.3, -0.25) is 0 Å². The number of aromatic nitrogens is 1. The summed E-state index contributed by atoms with van der Waals surface area (Å²) in [5, 5.41) is 3.22. The van der Waals surface area contributed by atoms with Gasteiger partial charge in [0.15, 0.2) is 11.5 Å². The van der Waals surface area contributed by atoms with Gasteiger partial charge in [0.25, 0.3) is 0 Å². The molecule has 6 heteroatoms. The van der Waals surface area contributed by atoms with Gasteiger partial charge >= 0.3 is 0 Å². The maximum absolute atomic E-state index is 6.24. The highest BCUT2D eigenvalue weighted by atomic mass is 16.5. The Kier molecular flexibility index (Phi) is 9.99. The van der Waals surface area contributed by atoms with E-state index in [0.717, 1.165) is 65.7 Å². The predicted molar refractivity (Wildman–Crippen MR) is 144 cm³/mol. The van der Waals surface area contributed by atoms with Gasteiger partial charge in [-0.2, -0.15) is 0 Å². The number of allylic oxidation sites excluding steroid dienone is 7. The van der Waals surface area contributed by atoms with Crippen LogP contribution in [0.2, 0.25) is 0 Å². The lowest BCUT2D eigenvalue weighted by atomic mass is 10.1. The first-order valence-corrected chi connectivity index (χ1v) is 12.0. The molecule has 0 unspecified atom stereocenters. The summed E-state index contributed by atoms with van der Waals surface area (Å²) in [6.07, 6.45) is 15.9. The number of likely N-dealkylation sites (tertiary alicyclic amines) is 1. The first-order chi connectivity index (χ1) is 17.0. The lowest BCUT2D eigenvalue weighted by molar-refractivity contribution is 0.111. The minimum absolute atomic E-state index is 0.234. The van der Waals surface area contributed by atoms with E-state index in [1.54, 1.807) is 14.2 Å². The molecule has 6 nitrogen and oxygen atoms in total. The van der Waals surface area contributed by atoms with Crippen LogP contribution in [0, 0.1) is 0 Å². The minimum atomic E-state index is 0.234. The highest BCUT2D eigenvalue weighted by Crippen LogP contribution is 2.34. The topological polar surface area (TPSA) is 55.8 Å². The summed E-state index contributed by atoms with van der Waals surface area (Å²) in [5.41, 5.74) is 3.17. The molecule has 1 aromatic carbocycles. The van der Waals surface area contributed by atoms with Crippen LogP contribution in [-0.2, 0) is 4.74 Å². The van der Waals surface area contributed by atoms with Crippen LogP contribution in [0.25, 0.3) is 11.1 Å². The number of hydrogen-bond acceptors (Lipinski definition) is 6. The first-order valence-electron chi connectivity index (χ1n) is 12.0. The van der Waals surface area contributed by atoms with Gasteiger partial charge in [0.2, 0.25) is 0 Å². The molecule has 0 aliphatic carbocycles. The van der Waals surface area contributed by atoms with Crippen LogP contribution in [0.3, 0.4) is 0 Å². The lowest BCUT2D eigenvalue weighted by Gasteiger charge is -2.29. The molecule has 0 radical (unpaired) electrons. The van der Waals surface area contributed by atoms with Crippen LogP contribution in [-0.4, -0.2) is 50.3 Å². The molecule has 2 aromatic rings. The number of piperidine rings is 1. The summed E-state index contributed by atoms with van der Waals surface area (Å²) < 4.78 is 17.0. The number of rotatable bonds is 10. The fourth-order valence-electron chi connectivity index (χ4n) is 3.66. The highest BCUT2D eigenvalue weighted by molar-refractivity contribution is 5.67. The summed E-state index contributed by atoms with van der Waals surface area (Å²) >= 11 is 0. The van der Waals surface area contributed by atoms with Crippen molar-refractivity contribution in [3.8, 4) is 22.6 Å². The third-order valence-electron chi connectivity index (χ3n) is 5.92. The first kappa shape index (κ1) is 26.1. The predicted octanol–water partition coefficient (Wildman–Crippen LogP) is 6.21. The van der Waals surface area contributed by atoms with Gasteiger partial charge in [-0.25, -0.2) is 4.98 Å². The molecule has 35 heavy (non-hydrogen) atoms. The lowest BCUT2D eigenvalue weighted by Crippen LogP contribution is -2.35. The van der Waals surface area contributed by atoms with Crippen LogP contribution in [0.4, 0.5) is 5.82 Å². The van der Waals surface area contributed by atoms with Crippen LogP contribution in [0.5, 0.6) is 11.5 Å². The molecule has 1 N–H and O–H groups in total. The van der Waals surface area contributed by atoms with Gasteiger partial charge in [0, 0.05) is 31.0 Å². The Morgan fingerprint density at radius 1 is 1.00 bits per heavy atom. The van der Waals surface area contributed by atoms with Gasteiger partial charge in [-0.05, 0) is 81.3 Å². The number of benzene rings is 1. The van der Waals surface area contributed by atoms with Crippen LogP contribution in [0.1, 0.15) is 26.7 Å².